The van der Waals surface area contributed by atoms with Gasteiger partial charge in [-0.15, -0.1) is 0 Å². The molecule has 0 nitrogen and oxygen atoms in total. The third-order valence-corrected chi connectivity index (χ3v) is 1.67. The van der Waals surface area contributed by atoms with Gasteiger partial charge in [-0.1, -0.05) is 50.8 Å². The summed E-state index contributed by atoms with van der Waals surface area (Å²) >= 11 is 5.82. The summed E-state index contributed by atoms with van der Waals surface area (Å²) in [5.41, 5.74) is 1.05. The molecule has 0 aliphatic carbocycles. The summed E-state index contributed by atoms with van der Waals surface area (Å²) in [6, 6.07) is 0. The molecule has 56 valence electrons. The molecule has 0 bridgehead atoms. The normalized spacial score (nSPS) is 12.8. The number of allylic oxidation sites excluding steroid dienone is 4. The summed E-state index contributed by atoms with van der Waals surface area (Å²) in [5.74, 6) is 0.419. The Bertz CT molecular complexity index is 164. The van der Waals surface area contributed by atoms with Gasteiger partial charge < -0.3 is 0 Å². The maximum Gasteiger partial charge on any atom is 0.0434 e. The minimum atomic E-state index is 0.419. The van der Waals surface area contributed by atoms with Gasteiger partial charge in [0.05, 0.1) is 0 Å². The van der Waals surface area contributed by atoms with Crippen LogP contribution in [-0.2, 0) is 0 Å². The second-order valence-electron chi connectivity index (χ2n) is 2.37. The second-order valence-corrected chi connectivity index (χ2v) is 2.77. The quantitative estimate of drug-likeness (QED) is 0.549. The zero-order chi connectivity index (χ0) is 8.15. The van der Waals surface area contributed by atoms with Crippen molar-refractivity contribution in [3.8, 4) is 0 Å². The van der Waals surface area contributed by atoms with E-state index in [1.165, 1.54) is 0 Å². The van der Waals surface area contributed by atoms with Crippen molar-refractivity contribution in [1.29, 1.82) is 0 Å². The molecule has 0 aromatic carbocycles. The van der Waals surface area contributed by atoms with Gasteiger partial charge >= 0.3 is 0 Å². The Hall–Kier alpha value is -0.490. The van der Waals surface area contributed by atoms with E-state index in [0.29, 0.717) is 11.0 Å². The van der Waals surface area contributed by atoms with Gasteiger partial charge in [0.1, 0.15) is 0 Å². The van der Waals surface area contributed by atoms with E-state index in [9.17, 15) is 0 Å². The molecule has 0 aliphatic heterocycles. The lowest BCUT2D eigenvalue weighted by Crippen LogP contribution is -1.91. The maximum atomic E-state index is 5.82. The van der Waals surface area contributed by atoms with Crippen LogP contribution in [0.25, 0.3) is 0 Å². The van der Waals surface area contributed by atoms with Crippen LogP contribution in [0.5, 0.6) is 0 Å². The first kappa shape index (κ1) is 9.51. The number of hydrogen-bond donors (Lipinski definition) is 0. The Kier molecular flexibility index (Phi) is 4.13. The molecular formula is C9H13Cl. The van der Waals surface area contributed by atoms with E-state index >= 15 is 0 Å². The smallest absolute Gasteiger partial charge is 0.0434 e. The molecule has 0 spiro atoms. The first-order chi connectivity index (χ1) is 4.63. The molecule has 0 saturated carbocycles. The van der Waals surface area contributed by atoms with Crippen molar-refractivity contribution >= 4 is 11.6 Å². The molecule has 0 saturated heterocycles. The van der Waals surface area contributed by atoms with Crippen LogP contribution in [0.4, 0.5) is 0 Å². The van der Waals surface area contributed by atoms with Crippen molar-refractivity contribution in [1.82, 2.24) is 0 Å². The van der Waals surface area contributed by atoms with Crippen molar-refractivity contribution in [2.24, 2.45) is 5.92 Å². The predicted molar refractivity (Wildman–Crippen MR) is 48.1 cm³/mol. The van der Waals surface area contributed by atoms with E-state index in [0.717, 1.165) is 5.57 Å². The summed E-state index contributed by atoms with van der Waals surface area (Å²) in [6.45, 7) is 11.4. The van der Waals surface area contributed by atoms with Crippen molar-refractivity contribution in [2.45, 2.75) is 13.8 Å². The van der Waals surface area contributed by atoms with E-state index < -0.39 is 0 Å². The molecule has 0 N–H and O–H groups in total. The number of hydrogen-bond acceptors (Lipinski definition) is 0. The van der Waals surface area contributed by atoms with Gasteiger partial charge in [0.15, 0.2) is 0 Å². The molecular weight excluding hydrogens is 144 g/mol. The number of rotatable bonds is 3. The van der Waals surface area contributed by atoms with Crippen LogP contribution in [0.2, 0.25) is 0 Å². The number of halogens is 1. The first-order valence-electron chi connectivity index (χ1n) is 3.28. The van der Waals surface area contributed by atoms with E-state index in [-0.39, 0.29) is 0 Å². The standard InChI is InChI=1S/C9H13Cl/c1-5-8(7(3)4)9(10)6-2/h5-7H,1-2H2,3-4H3/b9-8-. The van der Waals surface area contributed by atoms with Gasteiger partial charge in [0, 0.05) is 5.03 Å². The molecule has 0 aromatic rings. The average molecular weight is 157 g/mol. The molecule has 1 heteroatoms. The van der Waals surface area contributed by atoms with Gasteiger partial charge in [0.25, 0.3) is 0 Å². The molecule has 0 aliphatic rings. The Morgan fingerprint density at radius 2 is 1.80 bits per heavy atom. The van der Waals surface area contributed by atoms with Crippen LogP contribution in [0, 0.1) is 5.92 Å². The van der Waals surface area contributed by atoms with Gasteiger partial charge in [-0.2, -0.15) is 0 Å². The summed E-state index contributed by atoms with van der Waals surface area (Å²) in [6.07, 6.45) is 3.41. The van der Waals surface area contributed by atoms with Gasteiger partial charge in [0.2, 0.25) is 0 Å². The van der Waals surface area contributed by atoms with Gasteiger partial charge in [-0.3, -0.25) is 0 Å². The van der Waals surface area contributed by atoms with Crippen LogP contribution in [0.15, 0.2) is 35.9 Å². The zero-order valence-electron chi connectivity index (χ0n) is 6.52. The second kappa shape index (κ2) is 4.35. The zero-order valence-corrected chi connectivity index (χ0v) is 7.28. The summed E-state index contributed by atoms with van der Waals surface area (Å²) in [7, 11) is 0. The van der Waals surface area contributed by atoms with Crippen molar-refractivity contribution < 1.29 is 0 Å². The van der Waals surface area contributed by atoms with Crippen LogP contribution in [0.1, 0.15) is 13.8 Å². The average Bonchev–Trinajstić information content (AvgIpc) is 1.88. The molecule has 0 fully saturated rings. The third-order valence-electron chi connectivity index (χ3n) is 1.30. The molecule has 0 rings (SSSR count). The fraction of sp³-hybridized carbons (Fsp3) is 0.333. The largest absolute Gasteiger partial charge is 0.0987 e. The molecule has 0 unspecified atom stereocenters. The van der Waals surface area contributed by atoms with Crippen molar-refractivity contribution in [2.75, 3.05) is 0 Å². The fourth-order valence-electron chi connectivity index (χ4n) is 0.727. The first-order valence-corrected chi connectivity index (χ1v) is 3.65. The highest BCUT2D eigenvalue weighted by atomic mass is 35.5. The minimum Gasteiger partial charge on any atom is -0.0987 e. The molecule has 0 amide bonds. The topological polar surface area (TPSA) is 0 Å². The van der Waals surface area contributed by atoms with Crippen LogP contribution in [0.3, 0.4) is 0 Å². The molecule has 0 heterocycles. The van der Waals surface area contributed by atoms with Crippen LogP contribution < -0.4 is 0 Å². The van der Waals surface area contributed by atoms with E-state index in [4.69, 9.17) is 11.6 Å². The maximum absolute atomic E-state index is 5.82. The summed E-state index contributed by atoms with van der Waals surface area (Å²) in [5, 5.41) is 0.699. The lowest BCUT2D eigenvalue weighted by atomic mass is 10.0. The minimum absolute atomic E-state index is 0.419. The molecule has 10 heavy (non-hydrogen) atoms. The monoisotopic (exact) mass is 156 g/mol. The summed E-state index contributed by atoms with van der Waals surface area (Å²) < 4.78 is 0. The van der Waals surface area contributed by atoms with Crippen LogP contribution >= 0.6 is 11.6 Å². The Labute approximate surface area is 67.9 Å². The predicted octanol–water partition coefficient (Wildman–Crippen LogP) is 3.51. The summed E-state index contributed by atoms with van der Waals surface area (Å²) in [4.78, 5) is 0. The highest BCUT2D eigenvalue weighted by Crippen LogP contribution is 2.19. The van der Waals surface area contributed by atoms with E-state index in [1.807, 2.05) is 0 Å². The molecule has 0 aromatic heterocycles. The van der Waals surface area contributed by atoms with E-state index in [2.05, 4.69) is 27.0 Å². The Morgan fingerprint density at radius 1 is 1.30 bits per heavy atom. The lowest BCUT2D eigenvalue weighted by molar-refractivity contribution is 0.790. The van der Waals surface area contributed by atoms with Crippen molar-refractivity contribution in [3.63, 3.8) is 0 Å². The highest BCUT2D eigenvalue weighted by Gasteiger charge is 2.01. The van der Waals surface area contributed by atoms with Crippen molar-refractivity contribution in [3.05, 3.63) is 35.9 Å². The van der Waals surface area contributed by atoms with Gasteiger partial charge in [-0.25, -0.2) is 0 Å². The Balaban J connectivity index is 4.61. The van der Waals surface area contributed by atoms with E-state index in [1.54, 1.807) is 12.2 Å². The Morgan fingerprint density at radius 3 is 1.90 bits per heavy atom. The van der Waals surface area contributed by atoms with Crippen LogP contribution in [-0.4, -0.2) is 0 Å². The third kappa shape index (κ3) is 2.40. The molecule has 0 atom stereocenters. The SMILES string of the molecule is C=C/C(Cl)=C(\C=C)C(C)C. The fourth-order valence-corrected chi connectivity index (χ4v) is 1.02. The lowest BCUT2D eigenvalue weighted by Gasteiger charge is -2.06. The van der Waals surface area contributed by atoms with Gasteiger partial charge in [-0.05, 0) is 11.5 Å². The highest BCUT2D eigenvalue weighted by molar-refractivity contribution is 6.31. The molecule has 0 radical (unpaired) electrons.